The van der Waals surface area contributed by atoms with Crippen LogP contribution in [0.2, 0.25) is 5.02 Å². The van der Waals surface area contributed by atoms with Crippen LogP contribution in [0.1, 0.15) is 31.9 Å². The lowest BCUT2D eigenvalue weighted by molar-refractivity contribution is -0.591. The Morgan fingerprint density at radius 2 is 2.04 bits per heavy atom. The van der Waals surface area contributed by atoms with Gasteiger partial charge >= 0.3 is 0 Å². The summed E-state index contributed by atoms with van der Waals surface area (Å²) in [6.45, 7) is 4.65. The number of anilines is 2. The van der Waals surface area contributed by atoms with Gasteiger partial charge in [-0.25, -0.2) is 18.8 Å². The summed E-state index contributed by atoms with van der Waals surface area (Å²) in [6.07, 6.45) is 1.26. The van der Waals surface area contributed by atoms with Crippen LogP contribution in [0.25, 0.3) is 0 Å². The van der Waals surface area contributed by atoms with Crippen molar-refractivity contribution >= 4 is 23.1 Å². The lowest BCUT2D eigenvalue weighted by Crippen LogP contribution is -2.51. The van der Waals surface area contributed by atoms with Crippen LogP contribution < -0.4 is 10.0 Å². The first-order valence-electron chi connectivity index (χ1n) is 7.98. The number of nitrogens with zero attached hydrogens (tertiary/aromatic N) is 1. The first-order chi connectivity index (χ1) is 11.7. The van der Waals surface area contributed by atoms with Crippen LogP contribution in [-0.2, 0) is 10.3 Å². The first kappa shape index (κ1) is 17.9. The Balaban J connectivity index is 2.35. The molecule has 0 bridgehead atoms. The van der Waals surface area contributed by atoms with Gasteiger partial charge in [0.2, 0.25) is 0 Å². The Morgan fingerprint density at radius 1 is 1.32 bits per heavy atom. The topological polar surface area (TPSA) is 48.2 Å². The molecule has 4 nitrogen and oxygen atoms in total. The molecule has 0 saturated heterocycles. The Hall–Kier alpha value is -1.92. The number of rotatable bonds is 4. The van der Waals surface area contributed by atoms with E-state index in [1.807, 2.05) is 13.8 Å². The summed E-state index contributed by atoms with van der Waals surface area (Å²) in [4.78, 5) is 0. The Kier molecular flexibility index (Phi) is 4.37. The standard InChI is InChI=1S/C18H19ClF2N2O2/c1-11(2)10-25-18(17(3,20)21)13-5-4-8-23(24)16(13)22-15-7-6-12(19)9-14(15)18/h4-9,11,22H,10H2,1-3H3. The number of halogens is 3. The molecule has 0 fully saturated rings. The van der Waals surface area contributed by atoms with E-state index in [0.29, 0.717) is 15.4 Å². The second-order valence-corrected chi connectivity index (χ2v) is 7.12. The zero-order valence-electron chi connectivity index (χ0n) is 14.1. The second-order valence-electron chi connectivity index (χ2n) is 6.69. The zero-order valence-corrected chi connectivity index (χ0v) is 14.9. The third kappa shape index (κ3) is 2.83. The van der Waals surface area contributed by atoms with E-state index in [4.69, 9.17) is 16.3 Å². The molecule has 0 spiro atoms. The number of hydrogen-bond acceptors (Lipinski definition) is 3. The van der Waals surface area contributed by atoms with Crippen molar-refractivity contribution in [2.24, 2.45) is 5.92 Å². The average Bonchev–Trinajstić information content (AvgIpc) is 2.51. The monoisotopic (exact) mass is 368 g/mol. The summed E-state index contributed by atoms with van der Waals surface area (Å²) in [6, 6.07) is 7.54. The van der Waals surface area contributed by atoms with Crippen molar-refractivity contribution in [2.75, 3.05) is 11.9 Å². The number of benzene rings is 1. The number of hydrogen-bond donors (Lipinski definition) is 1. The third-order valence-electron chi connectivity index (χ3n) is 4.20. The molecule has 1 unspecified atom stereocenters. The largest absolute Gasteiger partial charge is 0.711 e. The Morgan fingerprint density at radius 3 is 2.68 bits per heavy atom. The molecule has 1 N–H and O–H groups in total. The molecule has 0 aliphatic carbocycles. The van der Waals surface area contributed by atoms with E-state index in [0.717, 1.165) is 6.92 Å². The van der Waals surface area contributed by atoms with Gasteiger partial charge in [0.25, 0.3) is 11.7 Å². The van der Waals surface area contributed by atoms with Gasteiger partial charge in [-0.2, -0.15) is 0 Å². The number of ether oxygens (including phenoxy) is 1. The van der Waals surface area contributed by atoms with Crippen molar-refractivity contribution in [1.82, 2.24) is 0 Å². The van der Waals surface area contributed by atoms with Gasteiger partial charge in [-0.15, -0.1) is 0 Å². The van der Waals surface area contributed by atoms with E-state index in [9.17, 15) is 5.21 Å². The van der Waals surface area contributed by atoms with E-state index in [1.54, 1.807) is 12.1 Å². The minimum atomic E-state index is -3.30. The lowest BCUT2D eigenvalue weighted by Gasteiger charge is -2.42. The summed E-state index contributed by atoms with van der Waals surface area (Å²) < 4.78 is 36.4. The van der Waals surface area contributed by atoms with E-state index in [2.05, 4.69) is 5.32 Å². The summed E-state index contributed by atoms with van der Waals surface area (Å²) in [5.41, 5.74) is -1.43. The average molecular weight is 369 g/mol. The molecule has 7 heteroatoms. The quantitative estimate of drug-likeness (QED) is 0.633. The predicted octanol–water partition coefficient (Wildman–Crippen LogP) is 4.60. The molecule has 2 heterocycles. The highest BCUT2D eigenvalue weighted by atomic mass is 35.5. The smallest absolute Gasteiger partial charge is 0.289 e. The molecule has 0 radical (unpaired) electrons. The predicted molar refractivity (Wildman–Crippen MR) is 92.3 cm³/mol. The molecule has 0 saturated carbocycles. The van der Waals surface area contributed by atoms with Crippen molar-refractivity contribution in [3.8, 4) is 0 Å². The van der Waals surface area contributed by atoms with Crippen LogP contribution in [0.4, 0.5) is 20.3 Å². The molecule has 2 aromatic rings. The molecule has 25 heavy (non-hydrogen) atoms. The van der Waals surface area contributed by atoms with Crippen molar-refractivity contribution in [3.63, 3.8) is 0 Å². The molecular formula is C18H19ClF2N2O2. The maximum atomic E-state index is 15.0. The fourth-order valence-corrected chi connectivity index (χ4v) is 3.30. The highest BCUT2D eigenvalue weighted by Gasteiger charge is 2.60. The normalized spacial score (nSPS) is 19.3. The molecule has 134 valence electrons. The molecule has 3 rings (SSSR count). The number of fused-ring (bicyclic) bond motifs is 2. The van der Waals surface area contributed by atoms with Crippen LogP contribution in [0.5, 0.6) is 0 Å². The number of alkyl halides is 2. The van der Waals surface area contributed by atoms with Crippen molar-refractivity contribution in [2.45, 2.75) is 32.3 Å². The van der Waals surface area contributed by atoms with Crippen LogP contribution in [0, 0.1) is 11.1 Å². The summed E-state index contributed by atoms with van der Waals surface area (Å²) >= 11 is 6.08. The van der Waals surface area contributed by atoms with E-state index in [1.165, 1.54) is 24.4 Å². The number of nitrogens with one attached hydrogen (secondary N) is 1. The van der Waals surface area contributed by atoms with Gasteiger partial charge in [0, 0.05) is 17.5 Å². The number of aromatic nitrogens is 1. The van der Waals surface area contributed by atoms with Crippen molar-refractivity contribution in [3.05, 3.63) is 57.9 Å². The molecule has 1 aliphatic rings. The zero-order chi connectivity index (χ0) is 18.4. The van der Waals surface area contributed by atoms with Gasteiger partial charge in [-0.1, -0.05) is 25.4 Å². The Labute approximate surface area is 150 Å². The molecule has 1 aromatic heterocycles. The highest BCUT2D eigenvalue weighted by molar-refractivity contribution is 6.30. The van der Waals surface area contributed by atoms with Crippen molar-refractivity contribution < 1.29 is 18.2 Å². The highest BCUT2D eigenvalue weighted by Crippen LogP contribution is 2.53. The maximum absolute atomic E-state index is 15.0. The first-order valence-corrected chi connectivity index (χ1v) is 8.36. The van der Waals surface area contributed by atoms with Crippen LogP contribution in [-0.4, -0.2) is 12.5 Å². The van der Waals surface area contributed by atoms with E-state index >= 15 is 8.78 Å². The fourth-order valence-electron chi connectivity index (χ4n) is 3.13. The summed E-state index contributed by atoms with van der Waals surface area (Å²) in [5.74, 6) is -3.24. The molecule has 1 aliphatic heterocycles. The minimum Gasteiger partial charge on any atom is -0.711 e. The lowest BCUT2D eigenvalue weighted by atomic mass is 9.78. The minimum absolute atomic E-state index is 0.0302. The van der Waals surface area contributed by atoms with Crippen molar-refractivity contribution in [1.29, 1.82) is 0 Å². The maximum Gasteiger partial charge on any atom is 0.289 e. The summed E-state index contributed by atoms with van der Waals surface area (Å²) in [7, 11) is 0. The van der Waals surface area contributed by atoms with Gasteiger partial charge < -0.3 is 9.94 Å². The number of pyridine rings is 1. The van der Waals surface area contributed by atoms with E-state index < -0.39 is 11.5 Å². The fraction of sp³-hybridized carbons (Fsp3) is 0.389. The second kappa shape index (κ2) is 6.11. The van der Waals surface area contributed by atoms with Gasteiger partial charge in [-0.05, 0) is 36.2 Å². The van der Waals surface area contributed by atoms with Gasteiger partial charge in [0.05, 0.1) is 18.4 Å². The summed E-state index contributed by atoms with van der Waals surface area (Å²) in [5, 5.41) is 15.5. The van der Waals surface area contributed by atoms with Gasteiger partial charge in [0.15, 0.2) is 5.60 Å². The van der Waals surface area contributed by atoms with Gasteiger partial charge in [0.1, 0.15) is 5.69 Å². The molecular weight excluding hydrogens is 350 g/mol. The third-order valence-corrected chi connectivity index (χ3v) is 4.44. The SMILES string of the molecule is CC(C)COC1(C(C)(F)F)c2cc(Cl)ccc2Nc2c1ccc[n+]2[O-]. The van der Waals surface area contributed by atoms with Crippen LogP contribution >= 0.6 is 11.6 Å². The molecule has 0 amide bonds. The van der Waals surface area contributed by atoms with E-state index in [-0.39, 0.29) is 29.5 Å². The Bertz CT molecular complexity index is 804. The molecule has 1 atom stereocenters. The molecule has 1 aromatic carbocycles. The van der Waals surface area contributed by atoms with Gasteiger partial charge in [-0.3, -0.25) is 0 Å². The van der Waals surface area contributed by atoms with Crippen LogP contribution in [0.15, 0.2) is 36.5 Å². The van der Waals surface area contributed by atoms with Crippen LogP contribution in [0.3, 0.4) is 0 Å².